The van der Waals surface area contributed by atoms with Crippen molar-refractivity contribution >= 4 is 34.8 Å². The van der Waals surface area contributed by atoms with Crippen molar-refractivity contribution < 1.29 is 14.3 Å². The Balaban J connectivity index is 2.03. The Morgan fingerprint density at radius 2 is 1.62 bits per heavy atom. The van der Waals surface area contributed by atoms with Crippen LogP contribution in [0, 0.1) is 5.92 Å². The summed E-state index contributed by atoms with van der Waals surface area (Å²) in [5.74, 6) is -0.210. The molecule has 0 unspecified atom stereocenters. The lowest BCUT2D eigenvalue weighted by Gasteiger charge is -2.11. The van der Waals surface area contributed by atoms with Gasteiger partial charge in [-0.1, -0.05) is 25.4 Å². The van der Waals surface area contributed by atoms with E-state index in [0.717, 1.165) is 0 Å². The molecule has 0 spiro atoms. The van der Waals surface area contributed by atoms with Gasteiger partial charge in [-0.15, -0.1) is 0 Å². The lowest BCUT2D eigenvalue weighted by molar-refractivity contribution is -0.118. The molecule has 0 aliphatic rings. The molecule has 0 atom stereocenters. The van der Waals surface area contributed by atoms with Crippen molar-refractivity contribution in [1.29, 1.82) is 0 Å². The molecule has 0 radical (unpaired) electrons. The largest absolute Gasteiger partial charge is 0.474 e. The van der Waals surface area contributed by atoms with Crippen LogP contribution in [0.1, 0.15) is 38.1 Å². The summed E-state index contributed by atoms with van der Waals surface area (Å²) in [6, 6.07) is 8.37. The molecule has 138 valence electrons. The molecular formula is C19H22ClN3O3. The highest BCUT2D eigenvalue weighted by atomic mass is 35.5. The number of amides is 2. The molecule has 6 nitrogen and oxygen atoms in total. The molecule has 0 aliphatic heterocycles. The monoisotopic (exact) mass is 375 g/mol. The van der Waals surface area contributed by atoms with E-state index in [1.807, 2.05) is 27.7 Å². The van der Waals surface area contributed by atoms with Crippen LogP contribution in [0.4, 0.5) is 11.4 Å². The summed E-state index contributed by atoms with van der Waals surface area (Å²) < 4.78 is 5.45. The molecule has 0 saturated carbocycles. The van der Waals surface area contributed by atoms with Crippen LogP contribution in [0.2, 0.25) is 5.02 Å². The van der Waals surface area contributed by atoms with E-state index < -0.39 is 0 Å². The zero-order chi connectivity index (χ0) is 19.3. The first-order valence-corrected chi connectivity index (χ1v) is 8.68. The maximum absolute atomic E-state index is 12.3. The Morgan fingerprint density at radius 3 is 2.12 bits per heavy atom. The summed E-state index contributed by atoms with van der Waals surface area (Å²) in [6.45, 7) is 7.37. The molecule has 2 N–H and O–H groups in total. The van der Waals surface area contributed by atoms with E-state index in [1.54, 1.807) is 24.3 Å². The highest BCUT2D eigenvalue weighted by molar-refractivity contribution is 6.32. The van der Waals surface area contributed by atoms with E-state index in [2.05, 4.69) is 15.6 Å². The van der Waals surface area contributed by atoms with Crippen LogP contribution in [0.5, 0.6) is 5.88 Å². The van der Waals surface area contributed by atoms with E-state index in [-0.39, 0.29) is 28.9 Å². The van der Waals surface area contributed by atoms with Crippen molar-refractivity contribution in [3.8, 4) is 5.88 Å². The Morgan fingerprint density at radius 1 is 1.04 bits per heavy atom. The second-order valence-electron chi connectivity index (χ2n) is 6.35. The SMILES string of the molecule is CC(C)Oc1ncc(C(=O)Nc2ccc(NC(=O)C(C)C)cc2)cc1Cl. The van der Waals surface area contributed by atoms with Crippen LogP contribution in [-0.2, 0) is 4.79 Å². The van der Waals surface area contributed by atoms with Crippen molar-refractivity contribution in [2.45, 2.75) is 33.8 Å². The van der Waals surface area contributed by atoms with Gasteiger partial charge in [0.05, 0.1) is 11.7 Å². The summed E-state index contributed by atoms with van der Waals surface area (Å²) in [5.41, 5.74) is 1.58. The third-order valence-electron chi connectivity index (χ3n) is 3.35. The highest BCUT2D eigenvalue weighted by Gasteiger charge is 2.12. The molecule has 1 aromatic carbocycles. The van der Waals surface area contributed by atoms with Crippen LogP contribution in [0.15, 0.2) is 36.5 Å². The Hall–Kier alpha value is -2.60. The highest BCUT2D eigenvalue weighted by Crippen LogP contribution is 2.24. The second kappa shape index (κ2) is 8.67. The van der Waals surface area contributed by atoms with Crippen molar-refractivity contribution in [3.05, 3.63) is 47.1 Å². The lowest BCUT2D eigenvalue weighted by atomic mass is 10.2. The number of aromatic nitrogens is 1. The number of pyridine rings is 1. The van der Waals surface area contributed by atoms with Gasteiger partial charge in [0.1, 0.15) is 5.02 Å². The number of carbonyl (C=O) groups is 2. The number of halogens is 1. The van der Waals surface area contributed by atoms with Crippen molar-refractivity contribution in [2.24, 2.45) is 5.92 Å². The van der Waals surface area contributed by atoms with Crippen LogP contribution in [-0.4, -0.2) is 22.9 Å². The maximum atomic E-state index is 12.3. The standard InChI is InChI=1S/C19H22ClN3O3/c1-11(2)17(24)22-14-5-7-15(8-6-14)23-18(25)13-9-16(20)19(21-10-13)26-12(3)4/h5-12H,1-4H3,(H,22,24)(H,23,25). The van der Waals surface area contributed by atoms with Crippen LogP contribution in [0.25, 0.3) is 0 Å². The number of hydrogen-bond acceptors (Lipinski definition) is 4. The number of hydrogen-bond donors (Lipinski definition) is 2. The summed E-state index contributed by atoms with van der Waals surface area (Å²) >= 11 is 6.11. The fraction of sp³-hybridized carbons (Fsp3) is 0.316. The number of carbonyl (C=O) groups excluding carboxylic acids is 2. The molecule has 0 saturated heterocycles. The minimum absolute atomic E-state index is 0.0608. The molecule has 2 rings (SSSR count). The fourth-order valence-electron chi connectivity index (χ4n) is 1.99. The number of anilines is 2. The average molecular weight is 376 g/mol. The van der Waals surface area contributed by atoms with E-state index in [0.29, 0.717) is 22.8 Å². The van der Waals surface area contributed by atoms with Crippen molar-refractivity contribution in [1.82, 2.24) is 4.98 Å². The van der Waals surface area contributed by atoms with Gasteiger partial charge >= 0.3 is 0 Å². The first kappa shape index (κ1) is 19.7. The van der Waals surface area contributed by atoms with Crippen molar-refractivity contribution in [2.75, 3.05) is 10.6 Å². The van der Waals surface area contributed by atoms with E-state index in [4.69, 9.17) is 16.3 Å². The molecule has 26 heavy (non-hydrogen) atoms. The van der Waals surface area contributed by atoms with Gasteiger partial charge in [0.25, 0.3) is 5.91 Å². The van der Waals surface area contributed by atoms with Gasteiger partial charge in [0.2, 0.25) is 11.8 Å². The van der Waals surface area contributed by atoms with Gasteiger partial charge < -0.3 is 15.4 Å². The van der Waals surface area contributed by atoms with E-state index >= 15 is 0 Å². The molecule has 0 fully saturated rings. The maximum Gasteiger partial charge on any atom is 0.257 e. The van der Waals surface area contributed by atoms with Gasteiger partial charge in [0.15, 0.2) is 0 Å². The molecule has 0 bridgehead atoms. The van der Waals surface area contributed by atoms with Crippen molar-refractivity contribution in [3.63, 3.8) is 0 Å². The average Bonchev–Trinajstić information content (AvgIpc) is 2.57. The number of nitrogens with one attached hydrogen (secondary N) is 2. The fourth-order valence-corrected chi connectivity index (χ4v) is 2.20. The quantitative estimate of drug-likeness (QED) is 0.785. The summed E-state index contributed by atoms with van der Waals surface area (Å²) in [5, 5.41) is 5.82. The summed E-state index contributed by atoms with van der Waals surface area (Å²) in [6.07, 6.45) is 1.35. The summed E-state index contributed by atoms with van der Waals surface area (Å²) in [7, 11) is 0. The lowest BCUT2D eigenvalue weighted by Crippen LogP contribution is -2.17. The third-order valence-corrected chi connectivity index (χ3v) is 3.62. The van der Waals surface area contributed by atoms with Gasteiger partial charge in [-0.2, -0.15) is 0 Å². The predicted molar refractivity (Wildman–Crippen MR) is 103 cm³/mol. The normalized spacial score (nSPS) is 10.7. The third kappa shape index (κ3) is 5.46. The van der Waals surface area contributed by atoms with E-state index in [9.17, 15) is 9.59 Å². The Labute approximate surface area is 157 Å². The minimum atomic E-state index is -0.338. The Bertz CT molecular complexity index is 789. The molecule has 1 heterocycles. The zero-order valence-electron chi connectivity index (χ0n) is 15.2. The number of nitrogens with zero attached hydrogens (tertiary/aromatic N) is 1. The zero-order valence-corrected chi connectivity index (χ0v) is 15.9. The van der Waals surface area contributed by atoms with Crippen LogP contribution >= 0.6 is 11.6 Å². The molecule has 1 aromatic heterocycles. The smallest absolute Gasteiger partial charge is 0.257 e. The summed E-state index contributed by atoms with van der Waals surface area (Å²) in [4.78, 5) is 28.1. The van der Waals surface area contributed by atoms with Gasteiger partial charge in [-0.3, -0.25) is 9.59 Å². The number of rotatable bonds is 6. The molecular weight excluding hydrogens is 354 g/mol. The Kier molecular flexibility index (Phi) is 6.58. The van der Waals surface area contributed by atoms with Gasteiger partial charge in [0, 0.05) is 23.5 Å². The van der Waals surface area contributed by atoms with E-state index in [1.165, 1.54) is 12.3 Å². The van der Waals surface area contributed by atoms with Crippen LogP contribution in [0.3, 0.4) is 0 Å². The molecule has 2 aromatic rings. The first-order valence-electron chi connectivity index (χ1n) is 8.30. The topological polar surface area (TPSA) is 80.3 Å². The van der Waals surface area contributed by atoms with Gasteiger partial charge in [-0.25, -0.2) is 4.98 Å². The second-order valence-corrected chi connectivity index (χ2v) is 6.76. The molecule has 0 aliphatic carbocycles. The molecule has 7 heteroatoms. The van der Waals surface area contributed by atoms with Crippen LogP contribution < -0.4 is 15.4 Å². The van der Waals surface area contributed by atoms with Gasteiger partial charge in [-0.05, 0) is 44.2 Å². The predicted octanol–water partition coefficient (Wildman–Crippen LogP) is 4.37. The molecule has 2 amide bonds. The first-order chi connectivity index (χ1) is 12.3. The number of ether oxygens (including phenoxy) is 1. The minimum Gasteiger partial charge on any atom is -0.474 e. The number of benzene rings is 1.